The number of anilines is 3. The average molecular weight is 413 g/mol. The summed E-state index contributed by atoms with van der Waals surface area (Å²) >= 11 is 0. The number of aryl methyl sites for hydroxylation is 2. The van der Waals surface area contributed by atoms with Crippen LogP contribution >= 0.6 is 12.4 Å². The van der Waals surface area contributed by atoms with Crippen molar-refractivity contribution >= 4 is 29.9 Å². The molecule has 1 aliphatic heterocycles. The van der Waals surface area contributed by atoms with Crippen LogP contribution in [0.4, 0.5) is 21.8 Å². The first-order valence-corrected chi connectivity index (χ1v) is 9.80. The molecular formula is C23H26ClFN4. The van der Waals surface area contributed by atoms with Crippen LogP contribution in [0.15, 0.2) is 48.5 Å². The van der Waals surface area contributed by atoms with Crippen LogP contribution in [0.25, 0.3) is 0 Å². The molecule has 1 atom stereocenters. The quantitative estimate of drug-likeness (QED) is 0.590. The minimum Gasteiger partial charge on any atom is -0.340 e. The van der Waals surface area contributed by atoms with Crippen molar-refractivity contribution in [2.45, 2.75) is 39.7 Å². The summed E-state index contributed by atoms with van der Waals surface area (Å²) in [5, 5.41) is 3.34. The van der Waals surface area contributed by atoms with Gasteiger partial charge < -0.3 is 10.2 Å². The van der Waals surface area contributed by atoms with E-state index >= 15 is 0 Å². The van der Waals surface area contributed by atoms with Crippen LogP contribution in [0, 0.1) is 12.7 Å². The third kappa shape index (κ3) is 4.35. The van der Waals surface area contributed by atoms with E-state index in [1.54, 1.807) is 6.07 Å². The molecule has 0 aliphatic carbocycles. The molecule has 0 fully saturated rings. The normalized spacial score (nSPS) is 15.4. The molecule has 3 aromatic rings. The maximum absolute atomic E-state index is 13.4. The van der Waals surface area contributed by atoms with Gasteiger partial charge in [-0.1, -0.05) is 31.2 Å². The first kappa shape index (κ1) is 21.1. The van der Waals surface area contributed by atoms with Crippen LogP contribution in [-0.2, 0) is 12.8 Å². The Bertz CT molecular complexity index is 1010. The summed E-state index contributed by atoms with van der Waals surface area (Å²) in [4.78, 5) is 11.9. The van der Waals surface area contributed by atoms with E-state index in [-0.39, 0.29) is 24.3 Å². The molecular weight excluding hydrogens is 387 g/mol. The van der Waals surface area contributed by atoms with E-state index < -0.39 is 0 Å². The molecule has 0 saturated heterocycles. The molecule has 1 aromatic heterocycles. The second-order valence-electron chi connectivity index (χ2n) is 7.30. The molecule has 0 amide bonds. The molecule has 6 heteroatoms. The van der Waals surface area contributed by atoms with Crippen LogP contribution < -0.4 is 10.2 Å². The minimum absolute atomic E-state index is 0. The number of hydrogen-bond donors (Lipinski definition) is 1. The standard InChI is InChI=1S/C23H25FN4.ClH/c1-4-19-14-22(26-21-10-9-18(24)13-15(21)2)27-23(25-19)28-12-11-17-7-5-6-8-20(17)16(28)3;/h5-10,13-14,16H,4,11-12H2,1-3H3,(H,25,26,27);1H. The van der Waals surface area contributed by atoms with Gasteiger partial charge in [0.15, 0.2) is 0 Å². The second kappa shape index (κ2) is 8.78. The number of hydrogen-bond acceptors (Lipinski definition) is 4. The molecule has 0 bridgehead atoms. The number of rotatable bonds is 4. The third-order valence-corrected chi connectivity index (χ3v) is 5.43. The molecule has 1 N–H and O–H groups in total. The Morgan fingerprint density at radius 1 is 1.14 bits per heavy atom. The SMILES string of the molecule is CCc1cc(Nc2ccc(F)cc2C)nc(N2CCc3ccccc3C2C)n1.Cl. The van der Waals surface area contributed by atoms with Gasteiger partial charge in [-0.15, -0.1) is 12.4 Å². The minimum atomic E-state index is -0.235. The highest BCUT2D eigenvalue weighted by atomic mass is 35.5. The fourth-order valence-corrected chi connectivity index (χ4v) is 3.81. The zero-order valence-electron chi connectivity index (χ0n) is 16.9. The van der Waals surface area contributed by atoms with Crippen molar-refractivity contribution in [2.24, 2.45) is 0 Å². The van der Waals surface area contributed by atoms with Crippen molar-refractivity contribution in [2.75, 3.05) is 16.8 Å². The number of fused-ring (bicyclic) bond motifs is 1. The number of halogens is 2. The molecule has 2 heterocycles. The molecule has 2 aromatic carbocycles. The molecule has 1 aliphatic rings. The van der Waals surface area contributed by atoms with Gasteiger partial charge in [0.2, 0.25) is 5.95 Å². The Morgan fingerprint density at radius 2 is 1.93 bits per heavy atom. The fraction of sp³-hybridized carbons (Fsp3) is 0.304. The van der Waals surface area contributed by atoms with E-state index in [0.717, 1.165) is 48.1 Å². The van der Waals surface area contributed by atoms with Gasteiger partial charge in [0.05, 0.1) is 6.04 Å². The predicted molar refractivity (Wildman–Crippen MR) is 119 cm³/mol. The molecule has 29 heavy (non-hydrogen) atoms. The van der Waals surface area contributed by atoms with Crippen LogP contribution in [0.2, 0.25) is 0 Å². The van der Waals surface area contributed by atoms with Crippen molar-refractivity contribution < 1.29 is 4.39 Å². The fourth-order valence-electron chi connectivity index (χ4n) is 3.81. The van der Waals surface area contributed by atoms with Gasteiger partial charge in [0, 0.05) is 24.0 Å². The maximum Gasteiger partial charge on any atom is 0.228 e. The highest BCUT2D eigenvalue weighted by Crippen LogP contribution is 2.32. The van der Waals surface area contributed by atoms with Gasteiger partial charge in [-0.3, -0.25) is 0 Å². The van der Waals surface area contributed by atoms with E-state index in [9.17, 15) is 4.39 Å². The molecule has 0 saturated carbocycles. The van der Waals surface area contributed by atoms with Crippen LogP contribution in [0.1, 0.15) is 42.3 Å². The lowest BCUT2D eigenvalue weighted by Gasteiger charge is -2.35. The molecule has 1 unspecified atom stereocenters. The van der Waals surface area contributed by atoms with Crippen molar-refractivity contribution in [3.8, 4) is 0 Å². The lowest BCUT2D eigenvalue weighted by atomic mass is 9.94. The Balaban J connectivity index is 0.00000240. The highest BCUT2D eigenvalue weighted by molar-refractivity contribution is 5.85. The molecule has 0 radical (unpaired) electrons. The van der Waals surface area contributed by atoms with E-state index in [1.807, 2.05) is 13.0 Å². The zero-order valence-corrected chi connectivity index (χ0v) is 17.8. The lowest BCUT2D eigenvalue weighted by Crippen LogP contribution is -2.35. The Hall–Kier alpha value is -2.66. The van der Waals surface area contributed by atoms with Gasteiger partial charge in [-0.05, 0) is 61.6 Å². The predicted octanol–water partition coefficient (Wildman–Crippen LogP) is 5.78. The number of nitrogens with one attached hydrogen (secondary N) is 1. The summed E-state index contributed by atoms with van der Waals surface area (Å²) < 4.78 is 13.4. The summed E-state index contributed by atoms with van der Waals surface area (Å²) in [5.74, 6) is 1.24. The maximum atomic E-state index is 13.4. The molecule has 0 spiro atoms. The van der Waals surface area contributed by atoms with Gasteiger partial charge in [0.25, 0.3) is 0 Å². The van der Waals surface area contributed by atoms with Crippen molar-refractivity contribution in [1.29, 1.82) is 0 Å². The Kier molecular flexibility index (Phi) is 6.38. The largest absolute Gasteiger partial charge is 0.340 e. The Morgan fingerprint density at radius 3 is 2.69 bits per heavy atom. The molecule has 4 rings (SSSR count). The number of benzene rings is 2. The smallest absolute Gasteiger partial charge is 0.228 e. The summed E-state index contributed by atoms with van der Waals surface area (Å²) in [6, 6.07) is 15.5. The zero-order chi connectivity index (χ0) is 19.7. The Labute approximate surface area is 177 Å². The van der Waals surface area contributed by atoms with Crippen LogP contribution in [-0.4, -0.2) is 16.5 Å². The van der Waals surface area contributed by atoms with E-state index in [2.05, 4.69) is 48.3 Å². The first-order chi connectivity index (χ1) is 13.5. The summed E-state index contributed by atoms with van der Waals surface area (Å²) in [6.45, 7) is 7.07. The van der Waals surface area contributed by atoms with Crippen LogP contribution in [0.3, 0.4) is 0 Å². The topological polar surface area (TPSA) is 41.1 Å². The summed E-state index contributed by atoms with van der Waals surface area (Å²) in [7, 11) is 0. The van der Waals surface area contributed by atoms with Crippen molar-refractivity contribution in [3.05, 3.63) is 76.7 Å². The number of nitrogens with zero attached hydrogens (tertiary/aromatic N) is 3. The van der Waals surface area contributed by atoms with Crippen LogP contribution in [0.5, 0.6) is 0 Å². The number of aromatic nitrogens is 2. The first-order valence-electron chi connectivity index (χ1n) is 9.80. The highest BCUT2D eigenvalue weighted by Gasteiger charge is 2.26. The second-order valence-corrected chi connectivity index (χ2v) is 7.30. The molecule has 4 nitrogen and oxygen atoms in total. The average Bonchev–Trinajstić information content (AvgIpc) is 2.70. The summed E-state index contributed by atoms with van der Waals surface area (Å²) in [6.07, 6.45) is 1.81. The van der Waals surface area contributed by atoms with Gasteiger partial charge in [-0.25, -0.2) is 9.37 Å². The van der Waals surface area contributed by atoms with E-state index in [0.29, 0.717) is 0 Å². The third-order valence-electron chi connectivity index (χ3n) is 5.43. The van der Waals surface area contributed by atoms with Gasteiger partial charge in [-0.2, -0.15) is 4.98 Å². The van der Waals surface area contributed by atoms with Gasteiger partial charge in [0.1, 0.15) is 11.6 Å². The summed E-state index contributed by atoms with van der Waals surface area (Å²) in [5.41, 5.74) is 5.42. The molecule has 152 valence electrons. The lowest BCUT2D eigenvalue weighted by molar-refractivity contribution is 0.607. The van der Waals surface area contributed by atoms with Crippen molar-refractivity contribution in [1.82, 2.24) is 9.97 Å². The van der Waals surface area contributed by atoms with E-state index in [1.165, 1.54) is 23.3 Å². The van der Waals surface area contributed by atoms with E-state index in [4.69, 9.17) is 9.97 Å². The monoisotopic (exact) mass is 412 g/mol. The van der Waals surface area contributed by atoms with Gasteiger partial charge >= 0.3 is 0 Å². The van der Waals surface area contributed by atoms with Crippen molar-refractivity contribution in [3.63, 3.8) is 0 Å².